The van der Waals surface area contributed by atoms with Gasteiger partial charge in [-0.1, -0.05) is 0 Å². The summed E-state index contributed by atoms with van der Waals surface area (Å²) in [7, 11) is -2.56. The molecule has 0 aliphatic carbocycles. The Morgan fingerprint density at radius 2 is 2.11 bits per heavy atom. The first kappa shape index (κ1) is 20.3. The van der Waals surface area contributed by atoms with Crippen LogP contribution in [0.5, 0.6) is 0 Å². The van der Waals surface area contributed by atoms with Gasteiger partial charge in [0.15, 0.2) is 9.84 Å². The zero-order valence-corrected chi connectivity index (χ0v) is 15.3. The number of nitrogens with one attached hydrogen (secondary N) is 1. The Bertz CT molecular complexity index is 938. The number of sulfone groups is 1. The van der Waals surface area contributed by atoms with Crippen molar-refractivity contribution in [3.05, 3.63) is 39.6 Å². The predicted molar refractivity (Wildman–Crippen MR) is 92.5 cm³/mol. The quantitative estimate of drug-likeness (QED) is 0.356. The van der Waals surface area contributed by atoms with Gasteiger partial charge >= 0.3 is 5.97 Å². The van der Waals surface area contributed by atoms with Crippen molar-refractivity contribution in [2.24, 2.45) is 0 Å². The fourth-order valence-electron chi connectivity index (χ4n) is 2.48. The molecule has 1 aromatic carbocycles. The van der Waals surface area contributed by atoms with Crippen LogP contribution in [-0.2, 0) is 24.2 Å². The van der Waals surface area contributed by atoms with Crippen molar-refractivity contribution in [1.82, 2.24) is 4.90 Å². The first-order valence-corrected chi connectivity index (χ1v) is 9.46. The largest absolute Gasteiger partial charge is 0.466 e. The van der Waals surface area contributed by atoms with Gasteiger partial charge in [-0.3, -0.25) is 14.9 Å². The SMILES string of the molecule is COC(=O)C1=C(Nc2ccc(S(C)(=O)=O)cc2[N+](=O)[O-])C(=O)N(CCO)C1. The van der Waals surface area contributed by atoms with E-state index in [0.29, 0.717) is 0 Å². The molecule has 0 atom stereocenters. The number of aliphatic hydroxyl groups excluding tert-OH is 1. The molecule has 1 heterocycles. The lowest BCUT2D eigenvalue weighted by atomic mass is 10.2. The highest BCUT2D eigenvalue weighted by Crippen LogP contribution is 2.31. The number of nitro benzene ring substituents is 1. The number of hydrogen-bond acceptors (Lipinski definition) is 9. The molecule has 1 amide bonds. The Morgan fingerprint density at radius 3 is 2.63 bits per heavy atom. The maximum Gasteiger partial charge on any atom is 0.337 e. The van der Waals surface area contributed by atoms with Crippen molar-refractivity contribution in [2.45, 2.75) is 4.90 Å². The van der Waals surface area contributed by atoms with Crippen molar-refractivity contribution in [1.29, 1.82) is 0 Å². The monoisotopic (exact) mass is 399 g/mol. The Morgan fingerprint density at radius 1 is 1.44 bits per heavy atom. The average molecular weight is 399 g/mol. The minimum atomic E-state index is -3.68. The number of methoxy groups -OCH3 is 1. The zero-order valence-electron chi connectivity index (χ0n) is 14.5. The summed E-state index contributed by atoms with van der Waals surface area (Å²) in [4.78, 5) is 35.8. The van der Waals surface area contributed by atoms with Gasteiger partial charge in [0.25, 0.3) is 11.6 Å². The van der Waals surface area contributed by atoms with Crippen molar-refractivity contribution in [3.63, 3.8) is 0 Å². The van der Waals surface area contributed by atoms with Crippen LogP contribution in [-0.4, -0.2) is 68.3 Å². The summed E-state index contributed by atoms with van der Waals surface area (Å²) < 4.78 is 27.9. The molecule has 0 saturated carbocycles. The molecule has 0 spiro atoms. The lowest BCUT2D eigenvalue weighted by molar-refractivity contribution is -0.384. The number of nitrogens with zero attached hydrogens (tertiary/aromatic N) is 2. The second-order valence-corrected chi connectivity index (χ2v) is 7.64. The molecule has 146 valence electrons. The number of anilines is 1. The normalized spacial score (nSPS) is 14.5. The van der Waals surface area contributed by atoms with E-state index in [4.69, 9.17) is 5.11 Å². The van der Waals surface area contributed by atoms with Gasteiger partial charge in [0, 0.05) is 18.9 Å². The topological polar surface area (TPSA) is 156 Å². The molecule has 11 nitrogen and oxygen atoms in total. The number of rotatable bonds is 7. The lowest BCUT2D eigenvalue weighted by Gasteiger charge is -2.15. The second kappa shape index (κ2) is 7.72. The summed E-state index contributed by atoms with van der Waals surface area (Å²) in [5, 5.41) is 22.9. The summed E-state index contributed by atoms with van der Waals surface area (Å²) in [5.41, 5.74) is -1.03. The van der Waals surface area contributed by atoms with Gasteiger partial charge in [0.05, 0.1) is 35.7 Å². The zero-order chi connectivity index (χ0) is 20.4. The Hall–Kier alpha value is -2.99. The minimum Gasteiger partial charge on any atom is -0.466 e. The van der Waals surface area contributed by atoms with Gasteiger partial charge in [-0.2, -0.15) is 0 Å². The minimum absolute atomic E-state index is 0.0420. The maximum absolute atomic E-state index is 12.5. The fourth-order valence-corrected chi connectivity index (χ4v) is 3.12. The number of ether oxygens (including phenoxy) is 1. The molecule has 0 radical (unpaired) electrons. The third-order valence-corrected chi connectivity index (χ3v) is 4.92. The number of esters is 1. The highest BCUT2D eigenvalue weighted by atomic mass is 32.2. The Labute approximate surface area is 154 Å². The Kier molecular flexibility index (Phi) is 5.81. The summed E-state index contributed by atoms with van der Waals surface area (Å²) in [6, 6.07) is 3.15. The molecule has 2 rings (SSSR count). The van der Waals surface area contributed by atoms with Gasteiger partial charge in [-0.05, 0) is 12.1 Å². The first-order chi connectivity index (χ1) is 12.6. The number of hydrogen-bond donors (Lipinski definition) is 2. The summed E-state index contributed by atoms with van der Waals surface area (Å²) >= 11 is 0. The van der Waals surface area contributed by atoms with Crippen molar-refractivity contribution < 1.29 is 32.8 Å². The van der Waals surface area contributed by atoms with Crippen LogP contribution in [0.3, 0.4) is 0 Å². The number of amides is 1. The van der Waals surface area contributed by atoms with E-state index in [9.17, 15) is 28.1 Å². The van der Waals surface area contributed by atoms with Crippen LogP contribution in [0.25, 0.3) is 0 Å². The summed E-state index contributed by atoms with van der Waals surface area (Å²) in [6.07, 6.45) is 0.907. The number of β-amino-alcohol motifs (C(OH)–C–C–N with tert-alkyl or cyclic N) is 1. The summed E-state index contributed by atoms with van der Waals surface area (Å²) in [5.74, 6) is -1.45. The Balaban J connectivity index is 2.50. The van der Waals surface area contributed by atoms with Gasteiger partial charge < -0.3 is 20.1 Å². The van der Waals surface area contributed by atoms with E-state index in [-0.39, 0.29) is 41.5 Å². The van der Waals surface area contributed by atoms with Crippen LogP contribution < -0.4 is 5.32 Å². The van der Waals surface area contributed by atoms with Crippen LogP contribution in [0.15, 0.2) is 34.4 Å². The highest BCUT2D eigenvalue weighted by Gasteiger charge is 2.35. The van der Waals surface area contributed by atoms with Crippen LogP contribution in [0.1, 0.15) is 0 Å². The fraction of sp³-hybridized carbons (Fsp3) is 0.333. The van der Waals surface area contributed by atoms with E-state index in [2.05, 4.69) is 10.1 Å². The molecule has 12 heteroatoms. The molecule has 1 aliphatic rings. The van der Waals surface area contributed by atoms with E-state index >= 15 is 0 Å². The molecule has 2 N–H and O–H groups in total. The summed E-state index contributed by atoms with van der Waals surface area (Å²) in [6.45, 7) is -0.514. The lowest BCUT2D eigenvalue weighted by Crippen LogP contribution is -2.31. The van der Waals surface area contributed by atoms with Crippen LogP contribution >= 0.6 is 0 Å². The highest BCUT2D eigenvalue weighted by molar-refractivity contribution is 7.90. The van der Waals surface area contributed by atoms with E-state index in [1.165, 1.54) is 4.90 Å². The van der Waals surface area contributed by atoms with E-state index in [0.717, 1.165) is 31.6 Å². The predicted octanol–water partition coefficient (Wildman–Crippen LogP) is -0.328. The number of nitro groups is 1. The van der Waals surface area contributed by atoms with Gasteiger partial charge in [0.1, 0.15) is 11.4 Å². The van der Waals surface area contributed by atoms with Crippen molar-refractivity contribution in [2.75, 3.05) is 38.4 Å². The van der Waals surface area contributed by atoms with Crippen molar-refractivity contribution in [3.8, 4) is 0 Å². The van der Waals surface area contributed by atoms with Crippen molar-refractivity contribution >= 4 is 33.1 Å². The number of carbonyl (C=O) groups excluding carboxylic acids is 2. The third-order valence-electron chi connectivity index (χ3n) is 3.81. The van der Waals surface area contributed by atoms with Crippen LogP contribution in [0, 0.1) is 10.1 Å². The smallest absolute Gasteiger partial charge is 0.337 e. The molecule has 1 aliphatic heterocycles. The van der Waals surface area contributed by atoms with E-state index in [1.807, 2.05) is 0 Å². The standard InChI is InChI=1S/C15H17N3O8S/c1-26-15(21)10-8-17(5-6-19)14(20)13(10)16-11-4-3-9(27(2,24)25)7-12(11)18(22)23/h3-4,7,16,19H,5-6,8H2,1-2H3. The van der Waals surface area contributed by atoms with E-state index in [1.54, 1.807) is 0 Å². The van der Waals surface area contributed by atoms with Crippen LogP contribution in [0.2, 0.25) is 0 Å². The second-order valence-electron chi connectivity index (χ2n) is 5.63. The molecule has 27 heavy (non-hydrogen) atoms. The maximum atomic E-state index is 12.5. The number of carbonyl (C=O) groups is 2. The average Bonchev–Trinajstić information content (AvgIpc) is 2.90. The molecule has 1 aromatic rings. The first-order valence-electron chi connectivity index (χ1n) is 7.57. The third kappa shape index (κ3) is 4.23. The van der Waals surface area contributed by atoms with E-state index < -0.39 is 32.3 Å². The molecular formula is C15H17N3O8S. The van der Waals surface area contributed by atoms with Gasteiger partial charge in [0.2, 0.25) is 0 Å². The molecular weight excluding hydrogens is 382 g/mol. The molecule has 0 fully saturated rings. The number of benzene rings is 1. The molecule has 0 unspecified atom stereocenters. The number of aliphatic hydroxyl groups is 1. The van der Waals surface area contributed by atoms with Gasteiger partial charge in [-0.15, -0.1) is 0 Å². The van der Waals surface area contributed by atoms with Crippen LogP contribution in [0.4, 0.5) is 11.4 Å². The molecule has 0 saturated heterocycles. The molecule has 0 bridgehead atoms. The molecule has 0 aromatic heterocycles. The van der Waals surface area contributed by atoms with Gasteiger partial charge in [-0.25, -0.2) is 13.2 Å².